The molecule has 0 saturated carbocycles. The van der Waals surface area contributed by atoms with Gasteiger partial charge in [0.05, 0.1) is 57.7 Å². The van der Waals surface area contributed by atoms with E-state index in [1.54, 1.807) is 74.4 Å². The minimum atomic E-state index is -4.43. The number of alkyl carbamates (subject to hydrolysis) is 4. The molecule has 8 N–H and O–H groups in total. The molecular formula is C98H115F20IN6O18S. The number of carbonyl (C=O) groups is 8. The molecule has 24 nitrogen and oxygen atoms in total. The summed E-state index contributed by atoms with van der Waals surface area (Å²) in [5.74, 6) is -22.2. The van der Waals surface area contributed by atoms with E-state index in [4.69, 9.17) is 20.3 Å². The number of alkyl halides is 14. The number of cyclic esters (lactones) is 3. The molecule has 7 aromatic carbocycles. The summed E-state index contributed by atoms with van der Waals surface area (Å²) >= 11 is 1.38. The minimum absolute atomic E-state index is 0.00499. The van der Waals surface area contributed by atoms with E-state index in [-0.39, 0.29) is 65.4 Å². The fourth-order valence-electron chi connectivity index (χ4n) is 14.0. The van der Waals surface area contributed by atoms with Crippen molar-refractivity contribution in [2.75, 3.05) is 37.5 Å². The molecular weight excluding hydrogens is 2090 g/mol. The quantitative estimate of drug-likeness (QED) is 0.00598. The molecule has 7 aromatic rings. The summed E-state index contributed by atoms with van der Waals surface area (Å²) in [6, 6.07) is 37.4. The molecule has 46 heteroatoms. The number of hydrogen-bond donors (Lipinski definition) is 7. The van der Waals surface area contributed by atoms with Crippen LogP contribution in [0.5, 0.6) is 0 Å². The van der Waals surface area contributed by atoms with E-state index in [9.17, 15) is 130 Å². The number of ether oxygens (including phenoxy) is 8. The fraction of sp³-hybridized carbons (Fsp3) is 0.469. The van der Waals surface area contributed by atoms with Gasteiger partial charge in [-0.3, -0.25) is 0 Å². The zero-order valence-corrected chi connectivity index (χ0v) is 84.3. The number of rotatable bonds is 28. The van der Waals surface area contributed by atoms with Gasteiger partial charge >= 0.3 is 60.1 Å². The molecule has 3 aliphatic rings. The van der Waals surface area contributed by atoms with E-state index < -0.39 is 239 Å². The van der Waals surface area contributed by atoms with Gasteiger partial charge in [0.25, 0.3) is 5.92 Å². The molecule has 144 heavy (non-hydrogen) atoms. The number of aliphatic hydroxyl groups is 1. The topological polar surface area (TPSA) is 334 Å². The number of amides is 4. The van der Waals surface area contributed by atoms with Crippen molar-refractivity contribution in [1.82, 2.24) is 26.0 Å². The molecule has 0 bridgehead atoms. The third-order valence-corrected chi connectivity index (χ3v) is 24.8. The second kappa shape index (κ2) is 52.1. The average molecular weight is 2200 g/mol. The Morgan fingerprint density at radius 1 is 0.465 bits per heavy atom. The van der Waals surface area contributed by atoms with Crippen molar-refractivity contribution >= 4 is 81.8 Å². The zero-order valence-electron chi connectivity index (χ0n) is 81.3. The molecule has 0 aromatic heterocycles. The Morgan fingerprint density at radius 2 is 0.764 bits per heavy atom. The zero-order chi connectivity index (χ0) is 110. The number of aliphatic hydroxyl groups excluding tert-OH is 1. The van der Waals surface area contributed by atoms with Crippen LogP contribution in [0.4, 0.5) is 107 Å². The Morgan fingerprint density at radius 3 is 1.08 bits per heavy atom. The molecule has 10 rings (SSSR count). The minimum Gasteiger partial charge on any atom is -0.464 e. The Labute approximate surface area is 835 Å². The van der Waals surface area contributed by atoms with E-state index in [0.29, 0.717) is 0 Å². The highest BCUT2D eigenvalue weighted by Gasteiger charge is 2.65. The first-order valence-electron chi connectivity index (χ1n) is 43.8. The second-order valence-electron chi connectivity index (χ2n) is 35.7. The standard InChI is InChI=1S/C16H23F2NO3S.C16H21F2NO2.C15H15F4NO4.C13H12F4INO2.C13H13F4NO3.C13H16F2O2.C12H15F2NO2/c1-6-22-14(20)13(18)16(5,19-23(21)15(2,3)4)11-9-7-8-10-12(11)17;1-6-13(18)16(5,11-9-7-8-10-12(11)17)19-14(20)21-15(2,3)4;1-3-23-12(21)15(18,19)11-10(17)14(2,20-13(22)24-11)8-6-4-5-7-9(8)16;1-12(7-4-2-3-5-8(7)14)9(15)10(13(16,17)6-18)21-11(20)19-12;1-12(7-4-2-3-5-8(7)14)9(15)10(13(16,17)6-19)21-11(20)18-12;1-4-17-12(16)11(15)13(2,3)9-7-5-6-8-10(9)14;1-3-17-11(16)10(14)12(2,15)8-6-4-5-7-9(8)13/h7-10,13,19H,6H2,1-5H3;6-10,13H,1H2,2-5H3,(H,19,20);4-7,10-11H,3H2,1-2H3,(H,20,22);2-5,9-10H,6H2,1H3,(H,19,20);2-5,9-10,19H,6H2,1H3,(H,18,20);5-8,11H,4H2,1-3H3;4-7,10H,3,15H2,1-2H3/t13-,16+,23+;13-,16+;10-,11-,14+;2*9-,10-,12+;11-;10-,12+/m0000000/s1. The number of nitrogens with one attached hydrogen (secondary N) is 5. The van der Waals surface area contributed by atoms with Crippen molar-refractivity contribution in [3.63, 3.8) is 0 Å². The van der Waals surface area contributed by atoms with Crippen molar-refractivity contribution in [2.45, 2.75) is 253 Å². The number of hydrogen-bond acceptors (Lipinski definition) is 19. The van der Waals surface area contributed by atoms with Crippen LogP contribution in [0, 0.1) is 40.7 Å². The van der Waals surface area contributed by atoms with Crippen LogP contribution in [-0.2, 0) is 107 Å². The lowest BCUT2D eigenvalue weighted by Gasteiger charge is -2.43. The third kappa shape index (κ3) is 31.1. The van der Waals surface area contributed by atoms with Crippen LogP contribution in [0.15, 0.2) is 183 Å². The first-order valence-corrected chi connectivity index (χ1v) is 46.5. The third-order valence-electron chi connectivity index (χ3n) is 22.1. The molecule has 17 atom stereocenters. The summed E-state index contributed by atoms with van der Waals surface area (Å²) in [5, 5.41) is 17.2. The van der Waals surface area contributed by atoms with Gasteiger partial charge in [-0.1, -0.05) is 170 Å². The van der Waals surface area contributed by atoms with E-state index in [2.05, 4.69) is 50.4 Å². The van der Waals surface area contributed by atoms with Gasteiger partial charge in [0, 0.05) is 38.8 Å². The van der Waals surface area contributed by atoms with Crippen LogP contribution < -0.4 is 31.7 Å². The molecule has 798 valence electrons. The maximum atomic E-state index is 14.8. The summed E-state index contributed by atoms with van der Waals surface area (Å²) in [7, 11) is -1.72. The predicted octanol–water partition coefficient (Wildman–Crippen LogP) is 20.3. The number of halogens is 21. The van der Waals surface area contributed by atoms with Crippen LogP contribution in [0.25, 0.3) is 0 Å². The maximum Gasteiger partial charge on any atom is 0.408 e. The van der Waals surface area contributed by atoms with Crippen LogP contribution in [0.2, 0.25) is 0 Å². The largest absolute Gasteiger partial charge is 0.464 e. The lowest BCUT2D eigenvalue weighted by atomic mass is 9.80. The molecule has 3 saturated heterocycles. The summed E-state index contributed by atoms with van der Waals surface area (Å²) in [6.07, 6.45) is -26.5. The number of nitrogens with two attached hydrogens (primary N) is 1. The van der Waals surface area contributed by atoms with E-state index >= 15 is 0 Å². The summed E-state index contributed by atoms with van der Waals surface area (Å²) < 4.78 is 330. The van der Waals surface area contributed by atoms with Crippen molar-refractivity contribution < 1.29 is 173 Å². The van der Waals surface area contributed by atoms with Crippen molar-refractivity contribution in [1.29, 1.82) is 0 Å². The van der Waals surface area contributed by atoms with Gasteiger partial charge < -0.3 is 70.0 Å². The lowest BCUT2D eigenvalue weighted by Crippen LogP contribution is -2.66. The Hall–Kier alpha value is -11.4. The SMILES string of the molecule is C=C[C@H](F)[C@](C)(NC(=O)OC(C)(C)C)c1ccccc1F.CCOC(=O)C(F)(F)[C@H]1OC(=O)N[C@](C)(c2ccccc2F)[C@H]1F.CCOC(=O)[C@H](F)C(C)(C)c1ccccc1F.CCOC(=O)[C@H](F)[C@](C)(N)c1ccccc1F.CCOC(=O)[C@H](F)[C@](C)(N[S@](=O)C(C)(C)C)c1ccccc1F.C[C@]1(c2ccccc2F)NC(=O)O[C@H](C(F)(F)CI)[C@@H]1F.C[C@]1(c2ccccc2F)NC(=O)O[C@H](C(F)(F)CO)[C@@H]1F. The van der Waals surface area contributed by atoms with Crippen molar-refractivity contribution in [3.8, 4) is 0 Å². The van der Waals surface area contributed by atoms with E-state index in [0.717, 1.165) is 63.2 Å². The second-order valence-corrected chi connectivity index (χ2v) is 38.4. The maximum absolute atomic E-state index is 14.8. The summed E-state index contributed by atoms with van der Waals surface area (Å²) in [6.45, 7) is 27.8. The Kier molecular flexibility index (Phi) is 45.2. The fourth-order valence-corrected chi connectivity index (χ4v) is 15.3. The van der Waals surface area contributed by atoms with Crippen LogP contribution >= 0.6 is 22.6 Å². The monoisotopic (exact) mass is 2200 g/mol. The molecule has 0 radical (unpaired) electrons. The van der Waals surface area contributed by atoms with Crippen LogP contribution in [-0.4, -0.2) is 185 Å². The molecule has 0 spiro atoms. The molecule has 3 heterocycles. The number of esters is 4. The van der Waals surface area contributed by atoms with Crippen LogP contribution in [0.3, 0.4) is 0 Å². The Bertz CT molecular complexity index is 5370. The van der Waals surface area contributed by atoms with Gasteiger partial charge in [-0.15, -0.1) is 6.58 Å². The lowest BCUT2D eigenvalue weighted by molar-refractivity contribution is -0.204. The first-order chi connectivity index (χ1) is 66.5. The molecule has 0 unspecified atom stereocenters. The molecule has 3 fully saturated rings. The highest BCUT2D eigenvalue weighted by Crippen LogP contribution is 2.46. The Balaban J connectivity index is 0.000000351. The van der Waals surface area contributed by atoms with Gasteiger partial charge in [-0.25, -0.2) is 118 Å². The van der Waals surface area contributed by atoms with Crippen molar-refractivity contribution in [2.24, 2.45) is 5.73 Å². The normalized spacial score (nSPS) is 21.7. The molecule has 4 amide bonds. The van der Waals surface area contributed by atoms with Gasteiger partial charge in [-0.2, -0.15) is 17.6 Å². The average Bonchev–Trinajstić information content (AvgIpc) is 0.511. The molecule has 3 aliphatic heterocycles. The van der Waals surface area contributed by atoms with Crippen molar-refractivity contribution in [3.05, 3.63) is 262 Å². The van der Waals surface area contributed by atoms with Crippen LogP contribution in [0.1, 0.15) is 164 Å². The summed E-state index contributed by atoms with van der Waals surface area (Å²) in [5.41, 5.74) is -8.37. The van der Waals surface area contributed by atoms with Gasteiger partial charge in [0.1, 0.15) is 81.3 Å². The van der Waals surface area contributed by atoms with Gasteiger partial charge in [0.15, 0.2) is 18.5 Å². The van der Waals surface area contributed by atoms with Gasteiger partial charge in [0.2, 0.25) is 36.8 Å². The smallest absolute Gasteiger partial charge is 0.408 e. The van der Waals surface area contributed by atoms with E-state index in [1.807, 2.05) is 10.6 Å². The highest BCUT2D eigenvalue weighted by atomic mass is 127. The number of benzene rings is 7. The highest BCUT2D eigenvalue weighted by molar-refractivity contribution is 14.1. The number of carbonyl (C=O) groups excluding carboxylic acids is 8. The first kappa shape index (κ1) is 125. The molecule has 0 aliphatic carbocycles. The predicted molar refractivity (Wildman–Crippen MR) is 499 cm³/mol. The van der Waals surface area contributed by atoms with E-state index in [1.165, 1.54) is 185 Å². The van der Waals surface area contributed by atoms with Gasteiger partial charge in [-0.05, 0) is 159 Å². The summed E-state index contributed by atoms with van der Waals surface area (Å²) in [4.78, 5) is 92.4.